The van der Waals surface area contributed by atoms with Crippen molar-refractivity contribution in [2.75, 3.05) is 19.7 Å². The van der Waals surface area contributed by atoms with Gasteiger partial charge in [-0.1, -0.05) is 11.6 Å². The van der Waals surface area contributed by atoms with E-state index in [-0.39, 0.29) is 12.6 Å². The van der Waals surface area contributed by atoms with Crippen LogP contribution in [0.15, 0.2) is 11.4 Å². The minimum absolute atomic E-state index is 0.152. The van der Waals surface area contributed by atoms with Crippen molar-refractivity contribution in [2.45, 2.75) is 12.5 Å². The number of thiophene rings is 1. The first-order chi connectivity index (χ1) is 6.77. The second kappa shape index (κ2) is 6.37. The van der Waals surface area contributed by atoms with Crippen molar-refractivity contribution in [2.24, 2.45) is 5.73 Å². The van der Waals surface area contributed by atoms with Crippen molar-refractivity contribution in [3.05, 3.63) is 21.3 Å². The molecule has 0 aliphatic heterocycles. The van der Waals surface area contributed by atoms with Crippen LogP contribution in [0, 0.1) is 0 Å². The maximum Gasteiger partial charge on any atom is 0.0539 e. The highest BCUT2D eigenvalue weighted by molar-refractivity contribution is 7.10. The lowest BCUT2D eigenvalue weighted by Gasteiger charge is -2.14. The molecule has 0 radical (unpaired) electrons. The standard InChI is InChI=1S/C9H15ClN2OS/c10-7-4-9(14-6-7)8(5-11)12-2-1-3-13/h4,6,8,12-13H,1-3,5,11H2. The van der Waals surface area contributed by atoms with E-state index in [0.29, 0.717) is 6.54 Å². The number of hydrogen-bond acceptors (Lipinski definition) is 4. The van der Waals surface area contributed by atoms with E-state index < -0.39 is 0 Å². The van der Waals surface area contributed by atoms with E-state index in [4.69, 9.17) is 22.4 Å². The number of halogens is 1. The Morgan fingerprint density at radius 1 is 1.64 bits per heavy atom. The number of aliphatic hydroxyl groups is 1. The van der Waals surface area contributed by atoms with Crippen molar-refractivity contribution in [3.63, 3.8) is 0 Å². The van der Waals surface area contributed by atoms with Crippen molar-refractivity contribution >= 4 is 22.9 Å². The van der Waals surface area contributed by atoms with E-state index in [1.54, 1.807) is 11.3 Å². The van der Waals surface area contributed by atoms with Gasteiger partial charge in [-0.2, -0.15) is 0 Å². The van der Waals surface area contributed by atoms with Crippen LogP contribution in [0.1, 0.15) is 17.3 Å². The van der Waals surface area contributed by atoms with Crippen molar-refractivity contribution < 1.29 is 5.11 Å². The topological polar surface area (TPSA) is 58.3 Å². The van der Waals surface area contributed by atoms with Gasteiger partial charge in [0.1, 0.15) is 0 Å². The van der Waals surface area contributed by atoms with Gasteiger partial charge in [-0.05, 0) is 19.0 Å². The maximum atomic E-state index is 8.64. The zero-order chi connectivity index (χ0) is 10.4. The van der Waals surface area contributed by atoms with Gasteiger partial charge in [0.05, 0.1) is 11.1 Å². The highest BCUT2D eigenvalue weighted by Crippen LogP contribution is 2.24. The third-order valence-electron chi connectivity index (χ3n) is 1.89. The molecule has 80 valence electrons. The molecule has 1 aromatic heterocycles. The Kier molecular flexibility index (Phi) is 5.44. The quantitative estimate of drug-likeness (QED) is 0.652. The van der Waals surface area contributed by atoms with Gasteiger partial charge >= 0.3 is 0 Å². The molecule has 0 aliphatic rings. The average molecular weight is 235 g/mol. The first-order valence-corrected chi connectivity index (χ1v) is 5.82. The highest BCUT2D eigenvalue weighted by atomic mass is 35.5. The van der Waals surface area contributed by atoms with Crippen molar-refractivity contribution in [3.8, 4) is 0 Å². The molecule has 4 N–H and O–H groups in total. The minimum atomic E-state index is 0.152. The van der Waals surface area contributed by atoms with E-state index in [9.17, 15) is 0 Å². The third-order valence-corrected chi connectivity index (χ3v) is 3.29. The van der Waals surface area contributed by atoms with Crippen LogP contribution < -0.4 is 11.1 Å². The first kappa shape index (κ1) is 11.9. The minimum Gasteiger partial charge on any atom is -0.396 e. The van der Waals surface area contributed by atoms with Crippen LogP contribution in [0.4, 0.5) is 0 Å². The number of nitrogens with one attached hydrogen (secondary N) is 1. The monoisotopic (exact) mass is 234 g/mol. The molecule has 1 heterocycles. The molecule has 0 bridgehead atoms. The molecule has 1 aromatic rings. The zero-order valence-corrected chi connectivity index (χ0v) is 9.44. The summed E-state index contributed by atoms with van der Waals surface area (Å²) in [6.07, 6.45) is 0.746. The Morgan fingerprint density at radius 3 is 2.93 bits per heavy atom. The molecule has 0 spiro atoms. The molecule has 1 unspecified atom stereocenters. The number of rotatable bonds is 6. The number of hydrogen-bond donors (Lipinski definition) is 3. The van der Waals surface area contributed by atoms with E-state index in [1.807, 2.05) is 11.4 Å². The molecule has 5 heteroatoms. The van der Waals surface area contributed by atoms with Gasteiger partial charge in [-0.15, -0.1) is 11.3 Å². The van der Waals surface area contributed by atoms with Crippen LogP contribution in [-0.2, 0) is 0 Å². The summed E-state index contributed by atoms with van der Waals surface area (Å²) in [5, 5.41) is 14.6. The van der Waals surface area contributed by atoms with Crippen LogP contribution in [0.25, 0.3) is 0 Å². The van der Waals surface area contributed by atoms with Crippen LogP contribution in [0.5, 0.6) is 0 Å². The van der Waals surface area contributed by atoms with E-state index >= 15 is 0 Å². The molecule has 0 fully saturated rings. The maximum absolute atomic E-state index is 8.64. The molecule has 0 amide bonds. The van der Waals surface area contributed by atoms with Crippen LogP contribution in [0.2, 0.25) is 5.02 Å². The fourth-order valence-corrected chi connectivity index (χ4v) is 2.34. The van der Waals surface area contributed by atoms with Gasteiger partial charge < -0.3 is 16.2 Å². The van der Waals surface area contributed by atoms with Crippen molar-refractivity contribution in [1.29, 1.82) is 0 Å². The van der Waals surface area contributed by atoms with E-state index in [1.165, 1.54) is 0 Å². The summed E-state index contributed by atoms with van der Waals surface area (Å²) in [5.41, 5.74) is 5.63. The van der Waals surface area contributed by atoms with Crippen LogP contribution in [-0.4, -0.2) is 24.8 Å². The molecular weight excluding hydrogens is 220 g/mol. The van der Waals surface area contributed by atoms with Crippen LogP contribution >= 0.6 is 22.9 Å². The van der Waals surface area contributed by atoms with Crippen molar-refractivity contribution in [1.82, 2.24) is 5.32 Å². The second-order valence-corrected chi connectivity index (χ2v) is 4.37. The van der Waals surface area contributed by atoms with Gasteiger partial charge in [0, 0.05) is 23.4 Å². The van der Waals surface area contributed by atoms with Gasteiger partial charge in [0.2, 0.25) is 0 Å². The average Bonchev–Trinajstić information content (AvgIpc) is 2.60. The predicted molar refractivity (Wildman–Crippen MR) is 60.8 cm³/mol. The summed E-state index contributed by atoms with van der Waals surface area (Å²) >= 11 is 7.43. The summed E-state index contributed by atoms with van der Waals surface area (Å²) in [6, 6.07) is 2.08. The molecule has 14 heavy (non-hydrogen) atoms. The van der Waals surface area contributed by atoms with Gasteiger partial charge in [0.25, 0.3) is 0 Å². The zero-order valence-electron chi connectivity index (χ0n) is 7.87. The predicted octanol–water partition coefficient (Wildman–Crippen LogP) is 1.37. The summed E-state index contributed by atoms with van der Waals surface area (Å²) in [4.78, 5) is 1.15. The fraction of sp³-hybridized carbons (Fsp3) is 0.556. The Hall–Kier alpha value is -0.130. The molecule has 1 atom stereocenters. The smallest absolute Gasteiger partial charge is 0.0539 e. The molecular formula is C9H15ClN2OS. The Labute approximate surface area is 92.9 Å². The summed E-state index contributed by atoms with van der Waals surface area (Å²) in [7, 11) is 0. The summed E-state index contributed by atoms with van der Waals surface area (Å²) in [6.45, 7) is 1.52. The molecule has 1 rings (SSSR count). The summed E-state index contributed by atoms with van der Waals surface area (Å²) in [5.74, 6) is 0. The largest absolute Gasteiger partial charge is 0.396 e. The lowest BCUT2D eigenvalue weighted by molar-refractivity contribution is 0.283. The molecule has 0 saturated heterocycles. The van der Waals surface area contributed by atoms with Crippen LogP contribution in [0.3, 0.4) is 0 Å². The van der Waals surface area contributed by atoms with Gasteiger partial charge in [0.15, 0.2) is 0 Å². The van der Waals surface area contributed by atoms with Gasteiger partial charge in [-0.25, -0.2) is 0 Å². The molecule has 0 saturated carbocycles. The number of aliphatic hydroxyl groups excluding tert-OH is 1. The first-order valence-electron chi connectivity index (χ1n) is 4.56. The van der Waals surface area contributed by atoms with E-state index in [2.05, 4.69) is 5.32 Å². The Balaban J connectivity index is 2.45. The highest BCUT2D eigenvalue weighted by Gasteiger charge is 2.10. The lowest BCUT2D eigenvalue weighted by Crippen LogP contribution is -2.28. The third kappa shape index (κ3) is 3.55. The molecule has 0 aliphatic carbocycles. The Bertz CT molecular complexity index is 267. The van der Waals surface area contributed by atoms with E-state index in [0.717, 1.165) is 22.9 Å². The molecule has 3 nitrogen and oxygen atoms in total. The lowest BCUT2D eigenvalue weighted by atomic mass is 10.2. The SMILES string of the molecule is NCC(NCCCO)c1cc(Cl)cs1. The molecule has 0 aromatic carbocycles. The normalized spacial score (nSPS) is 13.1. The van der Waals surface area contributed by atoms with Gasteiger partial charge in [-0.3, -0.25) is 0 Å². The summed E-state index contributed by atoms with van der Waals surface area (Å²) < 4.78 is 0. The second-order valence-electron chi connectivity index (χ2n) is 2.99. The number of nitrogens with two attached hydrogens (primary N) is 1. The fourth-order valence-electron chi connectivity index (χ4n) is 1.17. The Morgan fingerprint density at radius 2 is 2.43 bits per heavy atom.